The average molecular weight is 353 g/mol. The minimum Gasteiger partial charge on any atom is -0.472 e. The number of nitrogens with zero attached hydrogens (tertiary/aromatic N) is 2. The first-order valence-corrected chi connectivity index (χ1v) is 9.27. The topological polar surface area (TPSA) is 68.5 Å². The van der Waals surface area contributed by atoms with Crippen molar-refractivity contribution in [1.82, 2.24) is 9.88 Å². The lowest BCUT2D eigenvalue weighted by atomic mass is 9.98. The molecule has 5 heteroatoms. The molecule has 2 aromatic rings. The van der Waals surface area contributed by atoms with Gasteiger partial charge in [-0.3, -0.25) is 4.79 Å². The van der Waals surface area contributed by atoms with Crippen LogP contribution in [0.15, 0.2) is 36.5 Å². The van der Waals surface area contributed by atoms with E-state index in [9.17, 15) is 4.79 Å². The zero-order valence-corrected chi connectivity index (χ0v) is 15.7. The number of aromatic nitrogens is 1. The third-order valence-corrected chi connectivity index (χ3v) is 5.21. The molecule has 3 rings (SSSR count). The molecule has 1 aliphatic rings. The van der Waals surface area contributed by atoms with Gasteiger partial charge in [0.25, 0.3) is 5.91 Å². The number of hydrogen-bond donors (Lipinski definition) is 1. The molecular weight excluding hydrogens is 326 g/mol. The number of piperidine rings is 1. The molecule has 0 saturated carbocycles. The second kappa shape index (κ2) is 7.77. The summed E-state index contributed by atoms with van der Waals surface area (Å²) in [6, 6.07) is 9.81. The smallest absolute Gasteiger partial charge is 0.254 e. The lowest BCUT2D eigenvalue weighted by Gasteiger charge is -2.38. The first-order valence-electron chi connectivity index (χ1n) is 9.27. The summed E-state index contributed by atoms with van der Waals surface area (Å²) < 4.78 is 6.10. The number of benzene rings is 1. The Balaban J connectivity index is 1.78. The van der Waals surface area contributed by atoms with Gasteiger partial charge in [0, 0.05) is 29.1 Å². The van der Waals surface area contributed by atoms with Crippen LogP contribution in [0.2, 0.25) is 0 Å². The number of amides is 1. The van der Waals surface area contributed by atoms with E-state index in [-0.39, 0.29) is 18.1 Å². The molecule has 2 N–H and O–H groups in total. The van der Waals surface area contributed by atoms with Gasteiger partial charge >= 0.3 is 0 Å². The maximum atomic E-state index is 13.1. The Morgan fingerprint density at radius 1 is 1.31 bits per heavy atom. The van der Waals surface area contributed by atoms with Crippen LogP contribution in [-0.2, 0) is 6.42 Å². The minimum atomic E-state index is -0.0723. The van der Waals surface area contributed by atoms with Crippen molar-refractivity contribution < 1.29 is 9.53 Å². The minimum absolute atomic E-state index is 0.0723. The van der Waals surface area contributed by atoms with Crippen molar-refractivity contribution in [3.63, 3.8) is 0 Å². The van der Waals surface area contributed by atoms with E-state index in [0.717, 1.165) is 36.0 Å². The highest BCUT2D eigenvalue weighted by Crippen LogP contribution is 2.26. The lowest BCUT2D eigenvalue weighted by Crippen LogP contribution is -2.49. The van der Waals surface area contributed by atoms with E-state index in [1.807, 2.05) is 36.1 Å². The Kier molecular flexibility index (Phi) is 5.45. The predicted octanol–water partition coefficient (Wildman–Crippen LogP) is 3.61. The number of nitrogen functional groups attached to an aromatic ring is 1. The van der Waals surface area contributed by atoms with E-state index >= 15 is 0 Å². The summed E-state index contributed by atoms with van der Waals surface area (Å²) in [6.07, 6.45) is 4.24. The number of anilines is 1. The quantitative estimate of drug-likeness (QED) is 0.912. The van der Waals surface area contributed by atoms with Gasteiger partial charge in [0.1, 0.15) is 6.10 Å². The Hall–Kier alpha value is -2.56. The van der Waals surface area contributed by atoms with Crippen molar-refractivity contribution in [3.05, 3.63) is 53.2 Å². The molecule has 0 radical (unpaired) electrons. The number of carbonyl (C=O) groups is 1. The number of carbonyl (C=O) groups excluding carboxylic acids is 1. The number of rotatable bonds is 4. The number of likely N-dealkylation sites (tertiary alicyclic amines) is 1. The van der Waals surface area contributed by atoms with Gasteiger partial charge in [0.2, 0.25) is 5.88 Å². The Morgan fingerprint density at radius 2 is 2.08 bits per heavy atom. The zero-order chi connectivity index (χ0) is 18.7. The fourth-order valence-corrected chi connectivity index (χ4v) is 3.45. The largest absolute Gasteiger partial charge is 0.472 e. The standard InChI is InChI=1S/C21H27N3O2/c1-4-16-7-5-6-8-18(16)21(25)24-13-17(10-9-14(24)2)26-20-15(3)19(22)11-12-23-20/h5-8,11-12,14,17H,4,9-10,13H2,1-3H3,(H2,22,23). The number of aryl methyl sites for hydroxylation is 1. The number of pyridine rings is 1. The molecule has 0 aliphatic carbocycles. The van der Waals surface area contributed by atoms with Crippen molar-refractivity contribution >= 4 is 11.6 Å². The van der Waals surface area contributed by atoms with E-state index in [1.54, 1.807) is 12.3 Å². The van der Waals surface area contributed by atoms with Gasteiger partial charge in [0.05, 0.1) is 6.54 Å². The van der Waals surface area contributed by atoms with Crippen molar-refractivity contribution in [3.8, 4) is 5.88 Å². The van der Waals surface area contributed by atoms with Crippen molar-refractivity contribution in [2.24, 2.45) is 0 Å². The molecule has 1 aromatic heterocycles. The lowest BCUT2D eigenvalue weighted by molar-refractivity contribution is 0.0370. The van der Waals surface area contributed by atoms with Crippen LogP contribution in [0.1, 0.15) is 48.2 Å². The van der Waals surface area contributed by atoms with Crippen LogP contribution in [0.3, 0.4) is 0 Å². The second-order valence-corrected chi connectivity index (χ2v) is 6.96. The third kappa shape index (κ3) is 3.66. The molecule has 138 valence electrons. The van der Waals surface area contributed by atoms with Crippen LogP contribution < -0.4 is 10.5 Å². The molecule has 26 heavy (non-hydrogen) atoms. The number of ether oxygens (including phenoxy) is 1. The van der Waals surface area contributed by atoms with E-state index in [1.165, 1.54) is 0 Å². The van der Waals surface area contributed by atoms with Gasteiger partial charge in [-0.25, -0.2) is 4.98 Å². The molecule has 2 unspecified atom stereocenters. The summed E-state index contributed by atoms with van der Waals surface area (Å²) in [5.74, 6) is 0.645. The first kappa shape index (κ1) is 18.2. The van der Waals surface area contributed by atoms with E-state index in [4.69, 9.17) is 10.5 Å². The average Bonchev–Trinajstić information content (AvgIpc) is 2.66. The summed E-state index contributed by atoms with van der Waals surface area (Å²) in [4.78, 5) is 19.4. The molecular formula is C21H27N3O2. The summed E-state index contributed by atoms with van der Waals surface area (Å²) in [5, 5.41) is 0. The first-order chi connectivity index (χ1) is 12.5. The molecule has 5 nitrogen and oxygen atoms in total. The maximum Gasteiger partial charge on any atom is 0.254 e. The van der Waals surface area contributed by atoms with E-state index in [2.05, 4.69) is 18.8 Å². The summed E-state index contributed by atoms with van der Waals surface area (Å²) >= 11 is 0. The Bertz CT molecular complexity index is 791. The Labute approximate surface area is 155 Å². The van der Waals surface area contributed by atoms with Gasteiger partial charge in [-0.1, -0.05) is 25.1 Å². The second-order valence-electron chi connectivity index (χ2n) is 6.96. The van der Waals surface area contributed by atoms with Gasteiger partial charge in [0.15, 0.2) is 0 Å². The molecule has 1 aromatic carbocycles. The molecule has 1 saturated heterocycles. The van der Waals surface area contributed by atoms with Crippen LogP contribution in [0.5, 0.6) is 5.88 Å². The number of nitrogens with two attached hydrogens (primary N) is 1. The highest BCUT2D eigenvalue weighted by Gasteiger charge is 2.31. The predicted molar refractivity (Wildman–Crippen MR) is 103 cm³/mol. The van der Waals surface area contributed by atoms with E-state index in [0.29, 0.717) is 18.1 Å². The monoisotopic (exact) mass is 353 g/mol. The van der Waals surface area contributed by atoms with Crippen molar-refractivity contribution in [2.45, 2.75) is 52.2 Å². The van der Waals surface area contributed by atoms with Crippen LogP contribution >= 0.6 is 0 Å². The highest BCUT2D eigenvalue weighted by molar-refractivity contribution is 5.96. The molecule has 0 bridgehead atoms. The van der Waals surface area contributed by atoms with Crippen LogP contribution in [-0.4, -0.2) is 34.5 Å². The highest BCUT2D eigenvalue weighted by atomic mass is 16.5. The molecule has 1 aliphatic heterocycles. The van der Waals surface area contributed by atoms with Gasteiger partial charge in [-0.15, -0.1) is 0 Å². The third-order valence-electron chi connectivity index (χ3n) is 5.21. The van der Waals surface area contributed by atoms with Crippen molar-refractivity contribution in [1.29, 1.82) is 0 Å². The van der Waals surface area contributed by atoms with Gasteiger partial charge in [-0.05, 0) is 50.8 Å². The van der Waals surface area contributed by atoms with Crippen LogP contribution in [0.25, 0.3) is 0 Å². The van der Waals surface area contributed by atoms with Crippen LogP contribution in [0.4, 0.5) is 5.69 Å². The number of hydrogen-bond acceptors (Lipinski definition) is 4. The van der Waals surface area contributed by atoms with E-state index < -0.39 is 0 Å². The van der Waals surface area contributed by atoms with Gasteiger partial charge in [-0.2, -0.15) is 0 Å². The fraction of sp³-hybridized carbons (Fsp3) is 0.429. The molecule has 2 heterocycles. The summed E-state index contributed by atoms with van der Waals surface area (Å²) in [6.45, 7) is 6.65. The normalized spacial score (nSPS) is 20.0. The Morgan fingerprint density at radius 3 is 2.85 bits per heavy atom. The molecule has 1 fully saturated rings. The van der Waals surface area contributed by atoms with Gasteiger partial charge < -0.3 is 15.4 Å². The zero-order valence-electron chi connectivity index (χ0n) is 15.7. The fourth-order valence-electron chi connectivity index (χ4n) is 3.45. The maximum absolute atomic E-state index is 13.1. The van der Waals surface area contributed by atoms with Crippen LogP contribution in [0, 0.1) is 6.92 Å². The molecule has 1 amide bonds. The summed E-state index contributed by atoms with van der Waals surface area (Å²) in [5.41, 5.74) is 9.34. The van der Waals surface area contributed by atoms with Crippen molar-refractivity contribution in [2.75, 3.05) is 12.3 Å². The SMILES string of the molecule is CCc1ccccc1C(=O)N1CC(Oc2nccc(N)c2C)CCC1C. The summed E-state index contributed by atoms with van der Waals surface area (Å²) in [7, 11) is 0. The molecule has 2 atom stereocenters. The molecule has 0 spiro atoms.